The largest absolute Gasteiger partial charge is 0.235 e. The first-order valence-electron chi connectivity index (χ1n) is 9.51. The number of rotatable bonds is 7. The van der Waals surface area contributed by atoms with Crippen molar-refractivity contribution in [2.75, 3.05) is 0 Å². The molecule has 0 N–H and O–H groups in total. The van der Waals surface area contributed by atoms with E-state index in [-0.39, 0.29) is 0 Å². The van der Waals surface area contributed by atoms with E-state index in [4.69, 9.17) is 0 Å². The van der Waals surface area contributed by atoms with E-state index in [1.807, 2.05) is 22.0 Å². The van der Waals surface area contributed by atoms with Crippen LogP contribution in [0, 0.1) is 0 Å². The lowest BCUT2D eigenvalue weighted by Gasteiger charge is -2.40. The van der Waals surface area contributed by atoms with Crippen LogP contribution in [0.4, 0.5) is 0 Å². The Hall–Kier alpha value is 0.620. The first kappa shape index (κ1) is 19.0. The van der Waals surface area contributed by atoms with E-state index in [2.05, 4.69) is 36.3 Å². The molecule has 0 amide bonds. The summed E-state index contributed by atoms with van der Waals surface area (Å²) in [6, 6.07) is 2.88. The molecule has 0 bridgehead atoms. The molecule has 2 nitrogen and oxygen atoms in total. The second-order valence-electron chi connectivity index (χ2n) is 7.64. The van der Waals surface area contributed by atoms with Crippen molar-refractivity contribution in [3.05, 3.63) is 0 Å². The number of hydrogen-bond acceptors (Lipinski definition) is 4. The van der Waals surface area contributed by atoms with Crippen LogP contribution in [0.2, 0.25) is 0 Å². The molecule has 4 heteroatoms. The highest BCUT2D eigenvalue weighted by atomic mass is 33.1. The van der Waals surface area contributed by atoms with Crippen LogP contribution < -0.4 is 0 Å². The lowest BCUT2D eigenvalue weighted by atomic mass is 9.95. The molecule has 2 aliphatic carbocycles. The monoisotopic (exact) mass is 344 g/mol. The predicted molar refractivity (Wildman–Crippen MR) is 103 cm³/mol. The molecule has 2 fully saturated rings. The third-order valence-corrected chi connectivity index (χ3v) is 8.18. The Morgan fingerprint density at radius 3 is 1.18 bits per heavy atom. The maximum absolute atomic E-state index is 2.70. The van der Waals surface area contributed by atoms with E-state index in [0.717, 1.165) is 12.1 Å². The Kier molecular flexibility index (Phi) is 8.45. The second-order valence-corrected chi connectivity index (χ2v) is 9.68. The maximum Gasteiger partial charge on any atom is 0.0213 e. The van der Waals surface area contributed by atoms with Crippen LogP contribution in [0.5, 0.6) is 0 Å². The molecule has 0 unspecified atom stereocenters. The molecule has 0 saturated heterocycles. The summed E-state index contributed by atoms with van der Waals surface area (Å²) in [5.41, 5.74) is 0. The fraction of sp³-hybridized carbons (Fsp3) is 1.00. The van der Waals surface area contributed by atoms with Gasteiger partial charge in [-0.3, -0.25) is 0 Å². The Bertz CT molecular complexity index is 267. The van der Waals surface area contributed by atoms with Gasteiger partial charge in [0.15, 0.2) is 0 Å². The van der Waals surface area contributed by atoms with E-state index in [9.17, 15) is 0 Å². The second kappa shape index (κ2) is 9.80. The van der Waals surface area contributed by atoms with Crippen molar-refractivity contribution in [2.45, 2.75) is 116 Å². The lowest BCUT2D eigenvalue weighted by molar-refractivity contribution is 0.235. The van der Waals surface area contributed by atoms with Gasteiger partial charge in [-0.05, 0) is 53.4 Å². The SMILES string of the molecule is CC(C)N(SSN(C(C)C)C1CCCCC1)C1CCCCC1. The topological polar surface area (TPSA) is 6.48 Å². The van der Waals surface area contributed by atoms with Gasteiger partial charge in [0.25, 0.3) is 0 Å². The minimum absolute atomic E-state index is 0.640. The highest BCUT2D eigenvalue weighted by Gasteiger charge is 2.28. The van der Waals surface area contributed by atoms with Gasteiger partial charge in [0.2, 0.25) is 0 Å². The summed E-state index contributed by atoms with van der Waals surface area (Å²) in [6.07, 6.45) is 14.2. The highest BCUT2D eigenvalue weighted by Crippen LogP contribution is 2.41. The van der Waals surface area contributed by atoms with Gasteiger partial charge >= 0.3 is 0 Å². The molecule has 2 aliphatic rings. The van der Waals surface area contributed by atoms with Crippen molar-refractivity contribution in [3.63, 3.8) is 0 Å². The van der Waals surface area contributed by atoms with E-state index in [0.29, 0.717) is 12.1 Å². The van der Waals surface area contributed by atoms with E-state index >= 15 is 0 Å². The summed E-state index contributed by atoms with van der Waals surface area (Å²) in [5, 5.41) is 0. The van der Waals surface area contributed by atoms with E-state index in [1.165, 1.54) is 64.2 Å². The average molecular weight is 345 g/mol. The quantitative estimate of drug-likeness (QED) is 0.395. The Morgan fingerprint density at radius 2 is 0.909 bits per heavy atom. The predicted octanol–water partition coefficient (Wildman–Crippen LogP) is 6.28. The Balaban J connectivity index is 1.90. The van der Waals surface area contributed by atoms with E-state index < -0.39 is 0 Å². The molecular weight excluding hydrogens is 308 g/mol. The highest BCUT2D eigenvalue weighted by molar-refractivity contribution is 8.74. The van der Waals surface area contributed by atoms with Gasteiger partial charge in [-0.1, -0.05) is 38.5 Å². The first-order chi connectivity index (χ1) is 10.6. The lowest BCUT2D eigenvalue weighted by Crippen LogP contribution is -2.39. The van der Waals surface area contributed by atoms with Crippen molar-refractivity contribution in [2.24, 2.45) is 0 Å². The van der Waals surface area contributed by atoms with Crippen molar-refractivity contribution >= 4 is 22.0 Å². The Labute approximate surface area is 146 Å². The summed E-state index contributed by atoms with van der Waals surface area (Å²) in [5.74, 6) is 0. The van der Waals surface area contributed by atoms with Gasteiger partial charge in [-0.15, -0.1) is 0 Å². The minimum Gasteiger partial charge on any atom is -0.235 e. The van der Waals surface area contributed by atoms with Crippen LogP contribution in [0.1, 0.15) is 91.9 Å². The van der Waals surface area contributed by atoms with Crippen molar-refractivity contribution in [1.29, 1.82) is 0 Å². The smallest absolute Gasteiger partial charge is 0.0213 e. The fourth-order valence-corrected chi connectivity index (χ4v) is 7.27. The molecule has 0 aromatic carbocycles. The minimum atomic E-state index is 0.640. The number of nitrogens with zero attached hydrogens (tertiary/aromatic N) is 2. The van der Waals surface area contributed by atoms with Crippen LogP contribution >= 0.6 is 22.0 Å². The van der Waals surface area contributed by atoms with Crippen LogP contribution in [-0.2, 0) is 0 Å². The molecule has 130 valence electrons. The molecule has 22 heavy (non-hydrogen) atoms. The molecule has 0 aromatic rings. The Morgan fingerprint density at radius 1 is 0.591 bits per heavy atom. The summed E-state index contributed by atoms with van der Waals surface area (Å²) in [4.78, 5) is 0. The van der Waals surface area contributed by atoms with Crippen molar-refractivity contribution in [3.8, 4) is 0 Å². The molecule has 2 saturated carbocycles. The molecule has 0 aromatic heterocycles. The maximum atomic E-state index is 2.70. The van der Waals surface area contributed by atoms with Crippen LogP contribution in [0.25, 0.3) is 0 Å². The normalized spacial score (nSPS) is 22.4. The van der Waals surface area contributed by atoms with Crippen LogP contribution in [0.3, 0.4) is 0 Å². The molecule has 0 spiro atoms. The summed E-state index contributed by atoms with van der Waals surface area (Å²) >= 11 is 0. The molecule has 0 aliphatic heterocycles. The van der Waals surface area contributed by atoms with Crippen molar-refractivity contribution in [1.82, 2.24) is 8.61 Å². The van der Waals surface area contributed by atoms with Gasteiger partial charge in [0.1, 0.15) is 0 Å². The van der Waals surface area contributed by atoms with Gasteiger partial charge in [0, 0.05) is 46.1 Å². The average Bonchev–Trinajstić information content (AvgIpc) is 2.52. The summed E-state index contributed by atoms with van der Waals surface area (Å²) < 4.78 is 5.39. The third kappa shape index (κ3) is 5.61. The number of hydrogen-bond donors (Lipinski definition) is 0. The zero-order valence-corrected chi connectivity index (χ0v) is 16.7. The van der Waals surface area contributed by atoms with Gasteiger partial charge in [0.05, 0.1) is 0 Å². The molecular formula is C18H36N2S2. The fourth-order valence-electron chi connectivity index (χ4n) is 3.89. The first-order valence-corrected chi connectivity index (χ1v) is 11.6. The molecule has 0 radical (unpaired) electrons. The zero-order chi connectivity index (χ0) is 15.9. The van der Waals surface area contributed by atoms with Gasteiger partial charge in [-0.2, -0.15) is 0 Å². The molecule has 0 atom stereocenters. The van der Waals surface area contributed by atoms with Crippen LogP contribution in [-0.4, -0.2) is 32.8 Å². The van der Waals surface area contributed by atoms with Gasteiger partial charge in [-0.25, -0.2) is 8.61 Å². The molecule has 2 rings (SSSR count). The summed E-state index contributed by atoms with van der Waals surface area (Å²) in [7, 11) is 4.08. The van der Waals surface area contributed by atoms with Gasteiger partial charge < -0.3 is 0 Å². The molecule has 0 heterocycles. The standard InChI is InChI=1S/C18H36N2S2/c1-15(2)19(17-11-7-5-8-12-17)21-22-20(16(3)4)18-13-9-6-10-14-18/h15-18H,5-14H2,1-4H3. The summed E-state index contributed by atoms with van der Waals surface area (Å²) in [6.45, 7) is 9.45. The van der Waals surface area contributed by atoms with Crippen LogP contribution in [0.15, 0.2) is 0 Å². The zero-order valence-electron chi connectivity index (χ0n) is 15.1. The van der Waals surface area contributed by atoms with E-state index in [1.54, 1.807) is 0 Å². The third-order valence-electron chi connectivity index (χ3n) is 5.09. The van der Waals surface area contributed by atoms with Crippen molar-refractivity contribution < 1.29 is 0 Å².